The molecule has 13 aromatic rings. The molecule has 6 nitrogen and oxygen atoms in total. The molecule has 4 aromatic heterocycles. The molecule has 59 heavy (non-hydrogen) atoms. The van der Waals surface area contributed by atoms with Gasteiger partial charge in [0.15, 0.2) is 17.5 Å². The van der Waals surface area contributed by atoms with Gasteiger partial charge in [-0.1, -0.05) is 133 Å². The van der Waals surface area contributed by atoms with Crippen molar-refractivity contribution in [2.24, 2.45) is 0 Å². The fraction of sp³-hybridized carbons (Fsp3) is 0. The summed E-state index contributed by atoms with van der Waals surface area (Å²) in [6.45, 7) is 0. The van der Waals surface area contributed by atoms with Gasteiger partial charge in [0.2, 0.25) is 0 Å². The summed E-state index contributed by atoms with van der Waals surface area (Å²) < 4.78 is 15.9. The van der Waals surface area contributed by atoms with Crippen LogP contribution in [0.2, 0.25) is 0 Å². The summed E-state index contributed by atoms with van der Waals surface area (Å²) in [7, 11) is 0. The smallest absolute Gasteiger partial charge is 0.170 e. The summed E-state index contributed by atoms with van der Waals surface area (Å²) in [6.07, 6.45) is 0. The van der Waals surface area contributed by atoms with Crippen molar-refractivity contribution in [3.8, 4) is 39.9 Å². The van der Waals surface area contributed by atoms with Crippen LogP contribution in [-0.2, 0) is 0 Å². The second-order valence-electron chi connectivity index (χ2n) is 15.1. The van der Waals surface area contributed by atoms with Crippen molar-refractivity contribution in [3.63, 3.8) is 0 Å². The number of aromatic nitrogens is 4. The fourth-order valence-corrected chi connectivity index (χ4v) is 9.16. The van der Waals surface area contributed by atoms with Gasteiger partial charge in [0.05, 0.1) is 22.3 Å². The quantitative estimate of drug-likeness (QED) is 0.179. The topological polar surface area (TPSA) is 69.9 Å². The van der Waals surface area contributed by atoms with Gasteiger partial charge in [-0.3, -0.25) is 0 Å². The zero-order valence-corrected chi connectivity index (χ0v) is 31.4. The molecule has 6 heteroatoms. The molecule has 274 valence electrons. The van der Waals surface area contributed by atoms with Crippen LogP contribution in [0.15, 0.2) is 191 Å². The van der Waals surface area contributed by atoms with E-state index in [4.69, 9.17) is 23.8 Å². The number of hydrogen-bond donors (Lipinski definition) is 0. The first-order valence-corrected chi connectivity index (χ1v) is 19.8. The summed E-state index contributed by atoms with van der Waals surface area (Å²) in [4.78, 5) is 16.1. The highest BCUT2D eigenvalue weighted by atomic mass is 16.3. The van der Waals surface area contributed by atoms with Crippen LogP contribution in [0.25, 0.3) is 127 Å². The van der Waals surface area contributed by atoms with E-state index in [0.717, 1.165) is 93.2 Å². The molecular weight excluding hydrogens is 725 g/mol. The van der Waals surface area contributed by atoms with Gasteiger partial charge in [0.1, 0.15) is 22.3 Å². The highest BCUT2D eigenvalue weighted by molar-refractivity contribution is 6.19. The summed E-state index contributed by atoms with van der Waals surface area (Å²) in [5, 5.41) is 10.8. The van der Waals surface area contributed by atoms with Crippen LogP contribution in [0, 0.1) is 0 Å². The third kappa shape index (κ3) is 4.71. The zero-order chi connectivity index (χ0) is 38.6. The number of rotatable bonds is 4. The van der Waals surface area contributed by atoms with Crippen LogP contribution in [0.1, 0.15) is 0 Å². The Balaban J connectivity index is 1.20. The number of hydrogen-bond acceptors (Lipinski definition) is 5. The average Bonchev–Trinajstić information content (AvgIpc) is 3.98. The summed E-state index contributed by atoms with van der Waals surface area (Å²) in [6, 6.07) is 63.2. The number of para-hydroxylation sites is 2. The standard InChI is InChI=1S/C53H30N4O2/c1-2-14-32(15-3-1)51-54-52(40-21-12-24-46-47(40)39-20-9-11-23-45(39)58-46)56-53(55-51)48-43(28-27-38-37-26-25-31-13-6-7-18-35(31)49(37)59-50(38)48)57-42-22-10-8-19-36(42)41-29-33-16-4-5-17-34(33)30-44(41)57/h1-30H. The third-order valence-corrected chi connectivity index (χ3v) is 11.8. The molecule has 0 unspecified atom stereocenters. The molecular formula is C53H30N4O2. The Labute approximate surface area is 336 Å². The molecule has 0 bridgehead atoms. The van der Waals surface area contributed by atoms with Crippen LogP contribution < -0.4 is 0 Å². The molecule has 0 saturated heterocycles. The van der Waals surface area contributed by atoms with Crippen molar-refractivity contribution in [3.05, 3.63) is 182 Å². The van der Waals surface area contributed by atoms with Gasteiger partial charge >= 0.3 is 0 Å². The maximum Gasteiger partial charge on any atom is 0.170 e. The first-order valence-electron chi connectivity index (χ1n) is 19.8. The van der Waals surface area contributed by atoms with Gasteiger partial charge in [-0.25, -0.2) is 15.0 Å². The Morgan fingerprint density at radius 2 is 1.03 bits per heavy atom. The summed E-state index contributed by atoms with van der Waals surface area (Å²) in [5.41, 5.74) is 8.72. The lowest BCUT2D eigenvalue weighted by Crippen LogP contribution is -2.04. The second-order valence-corrected chi connectivity index (χ2v) is 15.1. The number of fused-ring (bicyclic) bond motifs is 12. The van der Waals surface area contributed by atoms with E-state index >= 15 is 0 Å². The van der Waals surface area contributed by atoms with Gasteiger partial charge < -0.3 is 13.4 Å². The van der Waals surface area contributed by atoms with E-state index in [1.165, 1.54) is 10.8 Å². The van der Waals surface area contributed by atoms with Crippen LogP contribution in [-0.4, -0.2) is 19.5 Å². The molecule has 0 aliphatic rings. The van der Waals surface area contributed by atoms with Crippen LogP contribution >= 0.6 is 0 Å². The van der Waals surface area contributed by atoms with Crippen molar-refractivity contribution in [2.45, 2.75) is 0 Å². The van der Waals surface area contributed by atoms with Crippen molar-refractivity contribution in [2.75, 3.05) is 0 Å². The minimum Gasteiger partial charge on any atom is -0.456 e. The van der Waals surface area contributed by atoms with Gasteiger partial charge in [-0.05, 0) is 64.7 Å². The van der Waals surface area contributed by atoms with Crippen LogP contribution in [0.3, 0.4) is 0 Å². The van der Waals surface area contributed by atoms with Crippen molar-refractivity contribution in [1.82, 2.24) is 19.5 Å². The molecule has 0 amide bonds. The summed E-state index contributed by atoms with van der Waals surface area (Å²) >= 11 is 0. The molecule has 0 radical (unpaired) electrons. The predicted molar refractivity (Wildman–Crippen MR) is 240 cm³/mol. The van der Waals surface area contributed by atoms with E-state index in [9.17, 15) is 0 Å². The SMILES string of the molecule is c1ccc(-c2nc(-c3c(-n4c5ccccc5c5cc6ccccc6cc54)ccc4c3oc3c5ccccc5ccc43)nc(-c3cccc4oc5ccccc5c34)n2)cc1. The van der Waals surface area contributed by atoms with Gasteiger partial charge in [0.25, 0.3) is 0 Å². The van der Waals surface area contributed by atoms with Gasteiger partial charge in [0, 0.05) is 48.8 Å². The molecule has 4 heterocycles. The molecule has 13 rings (SSSR count). The second kappa shape index (κ2) is 12.2. The first kappa shape index (κ1) is 32.0. The maximum atomic E-state index is 7.16. The van der Waals surface area contributed by atoms with Crippen LogP contribution in [0.5, 0.6) is 0 Å². The zero-order valence-electron chi connectivity index (χ0n) is 31.4. The minimum atomic E-state index is 0.509. The van der Waals surface area contributed by atoms with E-state index < -0.39 is 0 Å². The Hall–Kier alpha value is -8.09. The van der Waals surface area contributed by atoms with Gasteiger partial charge in [-0.2, -0.15) is 0 Å². The number of benzene rings is 9. The van der Waals surface area contributed by atoms with E-state index in [0.29, 0.717) is 23.1 Å². The highest BCUT2D eigenvalue weighted by Crippen LogP contribution is 2.45. The molecule has 9 aromatic carbocycles. The van der Waals surface area contributed by atoms with E-state index in [1.807, 2.05) is 60.7 Å². The largest absolute Gasteiger partial charge is 0.456 e. The average molecular weight is 755 g/mol. The maximum absolute atomic E-state index is 7.16. The minimum absolute atomic E-state index is 0.509. The Kier molecular flexibility index (Phi) is 6.63. The molecule has 0 atom stereocenters. The molecule has 0 spiro atoms. The Morgan fingerprint density at radius 1 is 0.373 bits per heavy atom. The molecule has 0 aliphatic heterocycles. The molecule has 0 fully saturated rings. The normalized spacial score (nSPS) is 12.1. The Morgan fingerprint density at radius 3 is 1.92 bits per heavy atom. The molecule has 0 N–H and O–H groups in total. The van der Waals surface area contributed by atoms with Crippen LogP contribution in [0.4, 0.5) is 0 Å². The first-order chi connectivity index (χ1) is 29.2. The third-order valence-electron chi connectivity index (χ3n) is 11.8. The van der Waals surface area contributed by atoms with Crippen molar-refractivity contribution < 1.29 is 8.83 Å². The highest BCUT2D eigenvalue weighted by Gasteiger charge is 2.26. The van der Waals surface area contributed by atoms with Gasteiger partial charge in [-0.15, -0.1) is 0 Å². The van der Waals surface area contributed by atoms with E-state index in [1.54, 1.807) is 0 Å². The summed E-state index contributed by atoms with van der Waals surface area (Å²) in [5.74, 6) is 1.62. The number of nitrogens with zero attached hydrogens (tertiary/aromatic N) is 4. The lowest BCUT2D eigenvalue weighted by Gasteiger charge is -2.15. The Bertz CT molecular complexity index is 3860. The predicted octanol–water partition coefficient (Wildman–Crippen LogP) is 14.1. The number of furan rings is 2. The monoisotopic (exact) mass is 754 g/mol. The van der Waals surface area contributed by atoms with E-state index in [-0.39, 0.29) is 0 Å². The van der Waals surface area contributed by atoms with Crippen molar-refractivity contribution >= 4 is 87.2 Å². The molecule has 0 aliphatic carbocycles. The fourth-order valence-electron chi connectivity index (χ4n) is 9.16. The lowest BCUT2D eigenvalue weighted by molar-refractivity contribution is 0.669. The van der Waals surface area contributed by atoms with E-state index in [2.05, 4.69) is 126 Å². The van der Waals surface area contributed by atoms with Crippen molar-refractivity contribution in [1.29, 1.82) is 0 Å². The molecule has 0 saturated carbocycles. The lowest BCUT2D eigenvalue weighted by atomic mass is 10.0.